The largest absolute Gasteiger partial charge is 0.490 e. The highest BCUT2D eigenvalue weighted by Gasteiger charge is 2.13. The number of carbonyl (C=O) groups excluding carboxylic acids is 2. The number of nitrogens with zero attached hydrogens (tertiary/aromatic N) is 1. The van der Waals surface area contributed by atoms with Crippen LogP contribution in [0.4, 0.5) is 0 Å². The first kappa shape index (κ1) is 24.2. The predicted molar refractivity (Wildman–Crippen MR) is 125 cm³/mol. The zero-order valence-electron chi connectivity index (χ0n) is 17.6. The van der Waals surface area contributed by atoms with E-state index in [-0.39, 0.29) is 13.2 Å². The molecule has 2 amide bonds. The molecule has 0 atom stereocenters. The van der Waals surface area contributed by atoms with Gasteiger partial charge in [-0.05, 0) is 55.0 Å². The van der Waals surface area contributed by atoms with Crippen molar-refractivity contribution in [3.8, 4) is 11.5 Å². The number of amides is 2. The molecule has 10 heteroatoms. The molecule has 0 radical (unpaired) electrons. The number of furan rings is 1. The number of hydrazone groups is 1. The third-order valence-corrected chi connectivity index (χ3v) is 5.00. The fraction of sp³-hybridized carbons (Fsp3) is 0.174. The number of benzene rings is 2. The molecule has 172 valence electrons. The SMILES string of the molecule is CCOc1cc(/C=N\NC(=O)C(=O)NCc2ccco2)ccc1OCc1c(Cl)cccc1Cl. The number of nitrogens with one attached hydrogen (secondary N) is 2. The third kappa shape index (κ3) is 7.00. The van der Waals surface area contributed by atoms with E-state index in [1.807, 2.05) is 6.92 Å². The number of carbonyl (C=O) groups is 2. The van der Waals surface area contributed by atoms with E-state index < -0.39 is 11.8 Å². The number of hydrogen-bond acceptors (Lipinski definition) is 6. The van der Waals surface area contributed by atoms with Gasteiger partial charge in [0.2, 0.25) is 0 Å². The molecule has 3 rings (SSSR count). The van der Waals surface area contributed by atoms with Crippen LogP contribution >= 0.6 is 23.2 Å². The lowest BCUT2D eigenvalue weighted by molar-refractivity contribution is -0.139. The van der Waals surface area contributed by atoms with E-state index in [1.165, 1.54) is 12.5 Å². The van der Waals surface area contributed by atoms with Crippen molar-refractivity contribution in [2.75, 3.05) is 6.61 Å². The highest BCUT2D eigenvalue weighted by Crippen LogP contribution is 2.31. The maximum atomic E-state index is 11.9. The van der Waals surface area contributed by atoms with Crippen LogP contribution in [-0.4, -0.2) is 24.6 Å². The van der Waals surface area contributed by atoms with Crippen molar-refractivity contribution in [3.63, 3.8) is 0 Å². The van der Waals surface area contributed by atoms with Crippen LogP contribution in [0.2, 0.25) is 10.0 Å². The Hall–Kier alpha value is -3.49. The second-order valence-electron chi connectivity index (χ2n) is 6.59. The smallest absolute Gasteiger partial charge is 0.329 e. The van der Waals surface area contributed by atoms with Gasteiger partial charge in [0.25, 0.3) is 0 Å². The van der Waals surface area contributed by atoms with Crippen LogP contribution in [0.3, 0.4) is 0 Å². The van der Waals surface area contributed by atoms with E-state index in [9.17, 15) is 9.59 Å². The summed E-state index contributed by atoms with van der Waals surface area (Å²) in [7, 11) is 0. The van der Waals surface area contributed by atoms with Crippen molar-refractivity contribution in [2.45, 2.75) is 20.1 Å². The Morgan fingerprint density at radius 3 is 2.52 bits per heavy atom. The number of ether oxygens (including phenoxy) is 2. The highest BCUT2D eigenvalue weighted by atomic mass is 35.5. The summed E-state index contributed by atoms with van der Waals surface area (Å²) in [5.41, 5.74) is 3.46. The first-order chi connectivity index (χ1) is 16.0. The molecule has 0 saturated carbocycles. The molecule has 0 bridgehead atoms. The van der Waals surface area contributed by atoms with Gasteiger partial charge in [0.1, 0.15) is 12.4 Å². The summed E-state index contributed by atoms with van der Waals surface area (Å²) in [6, 6.07) is 13.7. The summed E-state index contributed by atoms with van der Waals surface area (Å²) >= 11 is 12.4. The first-order valence-electron chi connectivity index (χ1n) is 9.94. The Bertz CT molecular complexity index is 1110. The van der Waals surface area contributed by atoms with Gasteiger partial charge in [-0.15, -0.1) is 0 Å². The van der Waals surface area contributed by atoms with Gasteiger partial charge in [0, 0.05) is 15.6 Å². The first-order valence-corrected chi connectivity index (χ1v) is 10.7. The standard InChI is InChI=1S/C23H21Cl2N3O5/c1-2-31-21-11-15(8-9-20(21)33-14-17-18(24)6-3-7-19(17)25)12-27-28-23(30)22(29)26-13-16-5-4-10-32-16/h3-12H,2,13-14H2,1H3,(H,26,29)(H,28,30)/b27-12-. The maximum Gasteiger partial charge on any atom is 0.329 e. The summed E-state index contributed by atoms with van der Waals surface area (Å²) in [5.74, 6) is -0.236. The fourth-order valence-corrected chi connectivity index (χ4v) is 3.20. The molecule has 0 saturated heterocycles. The van der Waals surface area contributed by atoms with E-state index in [2.05, 4.69) is 15.8 Å². The van der Waals surface area contributed by atoms with Crippen LogP contribution in [0.5, 0.6) is 11.5 Å². The van der Waals surface area contributed by atoms with E-state index in [4.69, 9.17) is 37.1 Å². The van der Waals surface area contributed by atoms with Crippen LogP contribution in [0.25, 0.3) is 0 Å². The van der Waals surface area contributed by atoms with E-state index in [1.54, 1.807) is 48.5 Å². The Balaban J connectivity index is 1.59. The second kappa shape index (κ2) is 11.9. The molecule has 0 spiro atoms. The van der Waals surface area contributed by atoms with Gasteiger partial charge in [-0.3, -0.25) is 9.59 Å². The van der Waals surface area contributed by atoms with Gasteiger partial charge in [0.05, 0.1) is 25.6 Å². The molecule has 2 aromatic carbocycles. The number of rotatable bonds is 9. The van der Waals surface area contributed by atoms with Crippen LogP contribution in [0, 0.1) is 0 Å². The molecule has 0 aliphatic heterocycles. The molecule has 1 aromatic heterocycles. The van der Waals surface area contributed by atoms with Gasteiger partial charge in [0.15, 0.2) is 11.5 Å². The zero-order valence-corrected chi connectivity index (χ0v) is 19.2. The summed E-state index contributed by atoms with van der Waals surface area (Å²) in [5, 5.41) is 7.26. The molecule has 0 fully saturated rings. The highest BCUT2D eigenvalue weighted by molar-refractivity contribution is 6.36. The fourth-order valence-electron chi connectivity index (χ4n) is 2.69. The maximum absolute atomic E-state index is 11.9. The molecule has 0 aliphatic rings. The van der Waals surface area contributed by atoms with E-state index >= 15 is 0 Å². The summed E-state index contributed by atoms with van der Waals surface area (Å²) in [6.07, 6.45) is 2.86. The minimum Gasteiger partial charge on any atom is -0.490 e. The van der Waals surface area contributed by atoms with E-state index in [0.717, 1.165) is 0 Å². The molecule has 2 N–H and O–H groups in total. The van der Waals surface area contributed by atoms with Crippen molar-refractivity contribution in [1.82, 2.24) is 10.7 Å². The topological polar surface area (TPSA) is 102 Å². The lowest BCUT2D eigenvalue weighted by Crippen LogP contribution is -2.37. The molecular weight excluding hydrogens is 469 g/mol. The van der Waals surface area contributed by atoms with Crippen LogP contribution < -0.4 is 20.2 Å². The Morgan fingerprint density at radius 2 is 1.82 bits per heavy atom. The molecule has 8 nitrogen and oxygen atoms in total. The average molecular weight is 490 g/mol. The van der Waals surface area contributed by atoms with Gasteiger partial charge in [-0.2, -0.15) is 5.10 Å². The van der Waals surface area contributed by atoms with Crippen molar-refractivity contribution in [1.29, 1.82) is 0 Å². The molecule has 1 heterocycles. The molecule has 33 heavy (non-hydrogen) atoms. The van der Waals surface area contributed by atoms with Crippen LogP contribution in [0.15, 0.2) is 64.3 Å². The summed E-state index contributed by atoms with van der Waals surface area (Å²) in [6.45, 7) is 2.52. The van der Waals surface area contributed by atoms with Gasteiger partial charge in [-0.25, -0.2) is 5.43 Å². The zero-order chi connectivity index (χ0) is 23.6. The van der Waals surface area contributed by atoms with Crippen molar-refractivity contribution < 1.29 is 23.5 Å². The minimum absolute atomic E-state index is 0.0988. The van der Waals surface area contributed by atoms with Gasteiger partial charge < -0.3 is 19.2 Å². The molecule has 0 unspecified atom stereocenters. The average Bonchev–Trinajstić information content (AvgIpc) is 3.32. The minimum atomic E-state index is -0.903. The Kier molecular flexibility index (Phi) is 8.74. The Labute approximate surface area is 200 Å². The predicted octanol–water partition coefficient (Wildman–Crippen LogP) is 4.33. The van der Waals surface area contributed by atoms with Crippen molar-refractivity contribution in [3.05, 3.63) is 81.7 Å². The summed E-state index contributed by atoms with van der Waals surface area (Å²) < 4.78 is 16.6. The second-order valence-corrected chi connectivity index (χ2v) is 7.40. The molecular formula is C23H21Cl2N3O5. The molecule has 3 aromatic rings. The van der Waals surface area contributed by atoms with Crippen LogP contribution in [0.1, 0.15) is 23.8 Å². The number of halogens is 2. The van der Waals surface area contributed by atoms with E-state index in [0.29, 0.717) is 45.0 Å². The van der Waals surface area contributed by atoms with Gasteiger partial charge in [-0.1, -0.05) is 29.3 Å². The quantitative estimate of drug-likeness (QED) is 0.264. The number of hydrogen-bond donors (Lipinski definition) is 2. The monoisotopic (exact) mass is 489 g/mol. The van der Waals surface area contributed by atoms with Crippen molar-refractivity contribution >= 4 is 41.2 Å². The molecule has 0 aliphatic carbocycles. The Morgan fingerprint density at radius 1 is 1.03 bits per heavy atom. The summed E-state index contributed by atoms with van der Waals surface area (Å²) in [4.78, 5) is 23.7. The lowest BCUT2D eigenvalue weighted by atomic mass is 10.2. The van der Waals surface area contributed by atoms with Gasteiger partial charge >= 0.3 is 11.8 Å². The normalized spacial score (nSPS) is 10.8. The third-order valence-electron chi connectivity index (χ3n) is 4.29. The van der Waals surface area contributed by atoms with Crippen molar-refractivity contribution in [2.24, 2.45) is 5.10 Å². The lowest BCUT2D eigenvalue weighted by Gasteiger charge is -2.14. The van der Waals surface area contributed by atoms with Crippen LogP contribution in [-0.2, 0) is 22.7 Å².